The Morgan fingerprint density at radius 2 is 1.64 bits per heavy atom. The molecule has 0 atom stereocenters. The molecular formula is C22H22N2O4. The van der Waals surface area contributed by atoms with Crippen molar-refractivity contribution in [3.05, 3.63) is 83.7 Å². The smallest absolute Gasteiger partial charge is 0.251 e. The van der Waals surface area contributed by atoms with Crippen molar-refractivity contribution in [3.63, 3.8) is 0 Å². The van der Waals surface area contributed by atoms with Gasteiger partial charge in [-0.2, -0.15) is 0 Å². The Kier molecular flexibility index (Phi) is 6.46. The molecule has 0 bridgehead atoms. The molecule has 0 radical (unpaired) electrons. The topological polar surface area (TPSA) is 69.7 Å². The molecule has 0 aliphatic carbocycles. The Balaban J connectivity index is 1.76. The van der Waals surface area contributed by atoms with Gasteiger partial charge >= 0.3 is 0 Å². The summed E-state index contributed by atoms with van der Waals surface area (Å²) in [5.74, 6) is 1.06. The lowest BCUT2D eigenvalue weighted by Crippen LogP contribution is -2.23. The Morgan fingerprint density at radius 3 is 2.25 bits per heavy atom. The van der Waals surface area contributed by atoms with E-state index in [1.165, 1.54) is 14.2 Å². The Labute approximate surface area is 164 Å². The first-order valence-electron chi connectivity index (χ1n) is 8.82. The van der Waals surface area contributed by atoms with Crippen LogP contribution in [-0.2, 0) is 13.2 Å². The molecule has 0 aliphatic heterocycles. The largest absolute Gasteiger partial charge is 0.493 e. The van der Waals surface area contributed by atoms with Crippen LogP contribution in [0.4, 0.5) is 0 Å². The summed E-state index contributed by atoms with van der Waals surface area (Å²) >= 11 is 0. The Hall–Kier alpha value is -3.54. The molecular weight excluding hydrogens is 356 g/mol. The van der Waals surface area contributed by atoms with Gasteiger partial charge in [-0.15, -0.1) is 0 Å². The van der Waals surface area contributed by atoms with Crippen LogP contribution in [0.1, 0.15) is 21.6 Å². The number of hydrogen-bond donors (Lipinski definition) is 1. The maximum Gasteiger partial charge on any atom is 0.251 e. The fourth-order valence-corrected chi connectivity index (χ4v) is 2.66. The van der Waals surface area contributed by atoms with Gasteiger partial charge in [-0.25, -0.2) is 0 Å². The fourth-order valence-electron chi connectivity index (χ4n) is 2.66. The molecule has 1 amide bonds. The lowest BCUT2D eigenvalue weighted by Gasteiger charge is -2.16. The number of ether oxygens (including phenoxy) is 3. The van der Waals surface area contributed by atoms with Crippen LogP contribution in [0.25, 0.3) is 0 Å². The molecule has 3 aromatic rings. The molecule has 0 unspecified atom stereocenters. The summed E-state index contributed by atoms with van der Waals surface area (Å²) in [6.07, 6.45) is 1.69. The van der Waals surface area contributed by atoms with Crippen LogP contribution in [0.15, 0.2) is 66.9 Å². The number of nitrogens with zero attached hydrogens (tertiary/aromatic N) is 1. The molecule has 6 nitrogen and oxygen atoms in total. The molecule has 0 spiro atoms. The molecule has 0 fully saturated rings. The molecule has 2 aromatic carbocycles. The van der Waals surface area contributed by atoms with Crippen molar-refractivity contribution in [1.29, 1.82) is 0 Å². The predicted octanol–water partition coefficient (Wildman–Crippen LogP) is 3.61. The summed E-state index contributed by atoms with van der Waals surface area (Å²) in [7, 11) is 3.06. The number of carbonyl (C=O) groups is 1. The van der Waals surface area contributed by atoms with Crippen molar-refractivity contribution in [2.24, 2.45) is 0 Å². The van der Waals surface area contributed by atoms with E-state index in [0.717, 1.165) is 11.3 Å². The summed E-state index contributed by atoms with van der Waals surface area (Å²) in [6.45, 7) is 0.690. The van der Waals surface area contributed by atoms with Gasteiger partial charge in [-0.3, -0.25) is 9.78 Å². The van der Waals surface area contributed by atoms with E-state index in [4.69, 9.17) is 14.2 Å². The summed E-state index contributed by atoms with van der Waals surface area (Å²) in [5, 5.41) is 2.84. The Bertz CT molecular complexity index is 889. The fraction of sp³-hybridized carbons (Fsp3) is 0.182. The molecule has 28 heavy (non-hydrogen) atoms. The van der Waals surface area contributed by atoms with Crippen LogP contribution >= 0.6 is 0 Å². The molecule has 1 heterocycles. The SMILES string of the molecule is COc1cc(C(=O)NCc2ccccn2)cc(OC)c1OCc1ccccc1. The minimum absolute atomic E-state index is 0.253. The van der Waals surface area contributed by atoms with Gasteiger partial charge in [0.25, 0.3) is 5.91 Å². The first-order chi connectivity index (χ1) is 13.7. The van der Waals surface area contributed by atoms with Crippen molar-refractivity contribution in [1.82, 2.24) is 10.3 Å². The van der Waals surface area contributed by atoms with Crippen molar-refractivity contribution >= 4 is 5.91 Å². The van der Waals surface area contributed by atoms with Crippen LogP contribution in [0, 0.1) is 0 Å². The lowest BCUT2D eigenvalue weighted by atomic mass is 10.1. The van der Waals surface area contributed by atoms with Gasteiger partial charge in [0.1, 0.15) is 6.61 Å². The standard InChI is InChI=1S/C22H22N2O4/c1-26-19-12-17(22(25)24-14-18-10-6-7-11-23-18)13-20(27-2)21(19)28-15-16-8-4-3-5-9-16/h3-13H,14-15H2,1-2H3,(H,24,25). The van der Waals surface area contributed by atoms with E-state index in [9.17, 15) is 4.79 Å². The first kappa shape index (κ1) is 19.2. The van der Waals surface area contributed by atoms with E-state index in [1.807, 2.05) is 48.5 Å². The summed E-state index contributed by atoms with van der Waals surface area (Å²) in [5.41, 5.74) is 2.21. The maximum atomic E-state index is 12.6. The number of carbonyl (C=O) groups excluding carboxylic acids is 1. The molecule has 1 aromatic heterocycles. The van der Waals surface area contributed by atoms with Gasteiger partial charge in [-0.1, -0.05) is 36.4 Å². The summed E-state index contributed by atoms with van der Waals surface area (Å²) < 4.78 is 16.8. The van der Waals surface area contributed by atoms with Crippen molar-refractivity contribution in [2.45, 2.75) is 13.2 Å². The number of rotatable bonds is 8. The van der Waals surface area contributed by atoms with Gasteiger partial charge < -0.3 is 19.5 Å². The zero-order chi connectivity index (χ0) is 19.8. The van der Waals surface area contributed by atoms with Crippen LogP contribution in [0.5, 0.6) is 17.2 Å². The van der Waals surface area contributed by atoms with Crippen LogP contribution < -0.4 is 19.5 Å². The number of benzene rings is 2. The second-order valence-electron chi connectivity index (χ2n) is 5.99. The number of hydrogen-bond acceptors (Lipinski definition) is 5. The van der Waals surface area contributed by atoms with Gasteiger partial charge in [0.15, 0.2) is 11.5 Å². The van der Waals surface area contributed by atoms with Crippen molar-refractivity contribution in [2.75, 3.05) is 14.2 Å². The van der Waals surface area contributed by atoms with E-state index in [1.54, 1.807) is 18.3 Å². The van der Waals surface area contributed by atoms with E-state index >= 15 is 0 Å². The molecule has 3 rings (SSSR count). The average Bonchev–Trinajstić information content (AvgIpc) is 2.76. The molecule has 6 heteroatoms. The third-order valence-corrected chi connectivity index (χ3v) is 4.11. The van der Waals surface area contributed by atoms with E-state index in [2.05, 4.69) is 10.3 Å². The second kappa shape index (κ2) is 9.41. The zero-order valence-corrected chi connectivity index (χ0v) is 15.8. The normalized spacial score (nSPS) is 10.2. The number of methoxy groups -OCH3 is 2. The van der Waals surface area contributed by atoms with Gasteiger partial charge in [-0.05, 0) is 29.8 Å². The summed E-state index contributed by atoms with van der Waals surface area (Å²) in [4.78, 5) is 16.7. The number of aromatic nitrogens is 1. The predicted molar refractivity (Wildman–Crippen MR) is 106 cm³/mol. The van der Waals surface area contributed by atoms with Crippen LogP contribution in [0.2, 0.25) is 0 Å². The number of amides is 1. The quantitative estimate of drug-likeness (QED) is 0.648. The van der Waals surface area contributed by atoms with Crippen LogP contribution in [-0.4, -0.2) is 25.1 Å². The molecule has 144 valence electrons. The van der Waals surface area contributed by atoms with Gasteiger partial charge in [0.2, 0.25) is 5.75 Å². The third-order valence-electron chi connectivity index (χ3n) is 4.11. The maximum absolute atomic E-state index is 12.6. The number of nitrogens with one attached hydrogen (secondary N) is 1. The highest BCUT2D eigenvalue weighted by atomic mass is 16.5. The molecule has 0 aliphatic rings. The average molecular weight is 378 g/mol. The van der Waals surface area contributed by atoms with Gasteiger partial charge in [0.05, 0.1) is 26.5 Å². The third kappa shape index (κ3) is 4.79. The second-order valence-corrected chi connectivity index (χ2v) is 5.99. The van der Waals surface area contributed by atoms with E-state index < -0.39 is 0 Å². The number of pyridine rings is 1. The minimum Gasteiger partial charge on any atom is -0.493 e. The highest BCUT2D eigenvalue weighted by Gasteiger charge is 2.18. The minimum atomic E-state index is -0.253. The highest BCUT2D eigenvalue weighted by molar-refractivity contribution is 5.95. The molecule has 0 saturated heterocycles. The Morgan fingerprint density at radius 1 is 0.964 bits per heavy atom. The summed E-state index contributed by atoms with van der Waals surface area (Å²) in [6, 6.07) is 18.6. The molecule has 0 saturated carbocycles. The molecule has 1 N–H and O–H groups in total. The zero-order valence-electron chi connectivity index (χ0n) is 15.8. The van der Waals surface area contributed by atoms with Crippen LogP contribution in [0.3, 0.4) is 0 Å². The first-order valence-corrected chi connectivity index (χ1v) is 8.82. The van der Waals surface area contributed by atoms with Crippen molar-refractivity contribution in [3.8, 4) is 17.2 Å². The highest BCUT2D eigenvalue weighted by Crippen LogP contribution is 2.39. The monoisotopic (exact) mass is 378 g/mol. The van der Waals surface area contributed by atoms with E-state index in [0.29, 0.717) is 36.0 Å². The van der Waals surface area contributed by atoms with Gasteiger partial charge in [0, 0.05) is 11.8 Å². The van der Waals surface area contributed by atoms with E-state index in [-0.39, 0.29) is 5.91 Å². The lowest BCUT2D eigenvalue weighted by molar-refractivity contribution is 0.0949. The van der Waals surface area contributed by atoms with Crippen molar-refractivity contribution < 1.29 is 19.0 Å².